The number of ether oxygens (including phenoxy) is 3. The van der Waals surface area contributed by atoms with Gasteiger partial charge in [-0.3, -0.25) is 0 Å². The van der Waals surface area contributed by atoms with E-state index in [0.717, 1.165) is 45.4 Å². The molecule has 1 amide bonds. The Morgan fingerprint density at radius 2 is 1.88 bits per heavy atom. The molecule has 1 saturated carbocycles. The summed E-state index contributed by atoms with van der Waals surface area (Å²) in [4.78, 5) is 17.2. The van der Waals surface area contributed by atoms with Gasteiger partial charge in [0.1, 0.15) is 6.10 Å². The summed E-state index contributed by atoms with van der Waals surface area (Å²) in [6.45, 7) is 12.4. The monoisotopic (exact) mass is 454 g/mol. The highest BCUT2D eigenvalue weighted by Gasteiger charge is 2.68. The molecule has 3 heterocycles. The van der Waals surface area contributed by atoms with Crippen molar-refractivity contribution in [1.29, 1.82) is 0 Å². The molecule has 0 N–H and O–H groups in total. The van der Waals surface area contributed by atoms with Gasteiger partial charge in [0.05, 0.1) is 23.9 Å². The second-order valence-electron chi connectivity index (χ2n) is 10.8. The number of piperazine rings is 1. The van der Waals surface area contributed by atoms with Crippen molar-refractivity contribution < 1.29 is 19.0 Å². The molecule has 1 aromatic carbocycles. The van der Waals surface area contributed by atoms with Gasteiger partial charge in [-0.2, -0.15) is 0 Å². The predicted octanol–water partition coefficient (Wildman–Crippen LogP) is 4.71. The number of rotatable bonds is 5. The van der Waals surface area contributed by atoms with Crippen LogP contribution in [0.25, 0.3) is 0 Å². The summed E-state index contributed by atoms with van der Waals surface area (Å²) >= 11 is 0. The zero-order valence-electron chi connectivity index (χ0n) is 20.5. The van der Waals surface area contributed by atoms with E-state index >= 15 is 0 Å². The number of amides is 1. The molecule has 180 valence electrons. The summed E-state index contributed by atoms with van der Waals surface area (Å²) in [6.07, 6.45) is 5.87. The Kier molecular flexibility index (Phi) is 5.94. The second kappa shape index (κ2) is 8.62. The van der Waals surface area contributed by atoms with Crippen molar-refractivity contribution in [1.82, 2.24) is 4.90 Å². The summed E-state index contributed by atoms with van der Waals surface area (Å²) < 4.78 is 18.2. The van der Waals surface area contributed by atoms with Gasteiger partial charge in [0.25, 0.3) is 0 Å². The lowest BCUT2D eigenvalue weighted by molar-refractivity contribution is -0.00991. The third-order valence-electron chi connectivity index (χ3n) is 8.15. The van der Waals surface area contributed by atoms with Crippen molar-refractivity contribution in [2.45, 2.75) is 76.8 Å². The zero-order chi connectivity index (χ0) is 23.2. The maximum atomic E-state index is 13.0. The highest BCUT2D eigenvalue weighted by Crippen LogP contribution is 2.59. The van der Waals surface area contributed by atoms with Crippen LogP contribution in [0.15, 0.2) is 35.9 Å². The van der Waals surface area contributed by atoms with Gasteiger partial charge in [-0.05, 0) is 65.5 Å². The first-order chi connectivity index (χ1) is 15.8. The first-order valence-corrected chi connectivity index (χ1v) is 12.5. The third kappa shape index (κ3) is 4.65. The molecule has 0 radical (unpaired) electrons. The van der Waals surface area contributed by atoms with E-state index in [4.69, 9.17) is 14.2 Å². The minimum absolute atomic E-state index is 0.0578. The number of carbonyl (C=O) groups is 1. The molecule has 0 unspecified atom stereocenters. The van der Waals surface area contributed by atoms with Crippen molar-refractivity contribution in [3.8, 4) is 0 Å². The molecule has 0 aromatic heterocycles. The maximum absolute atomic E-state index is 13.0. The lowest BCUT2D eigenvalue weighted by Crippen LogP contribution is -2.50. The van der Waals surface area contributed by atoms with Gasteiger partial charge in [-0.1, -0.05) is 29.3 Å². The van der Waals surface area contributed by atoms with E-state index < -0.39 is 0 Å². The van der Waals surface area contributed by atoms with Gasteiger partial charge in [0, 0.05) is 37.8 Å². The van der Waals surface area contributed by atoms with Crippen molar-refractivity contribution in [3.63, 3.8) is 0 Å². The van der Waals surface area contributed by atoms with Crippen LogP contribution in [0.4, 0.5) is 10.5 Å². The van der Waals surface area contributed by atoms with E-state index in [2.05, 4.69) is 62.9 Å². The summed E-state index contributed by atoms with van der Waals surface area (Å²) in [5.74, 6) is 0.283. The van der Waals surface area contributed by atoms with Crippen LogP contribution in [0.1, 0.15) is 52.0 Å². The minimum atomic E-state index is -0.173. The quantitative estimate of drug-likeness (QED) is 0.477. The van der Waals surface area contributed by atoms with E-state index in [9.17, 15) is 4.79 Å². The average Bonchev–Trinajstić information content (AvgIpc) is 3.72. The van der Waals surface area contributed by atoms with E-state index in [-0.39, 0.29) is 35.4 Å². The molecule has 33 heavy (non-hydrogen) atoms. The molecule has 1 spiro atoms. The molecular weight excluding hydrogens is 416 g/mol. The van der Waals surface area contributed by atoms with Crippen LogP contribution in [0.5, 0.6) is 0 Å². The molecule has 3 aliphatic heterocycles. The Morgan fingerprint density at radius 1 is 1.18 bits per heavy atom. The summed E-state index contributed by atoms with van der Waals surface area (Å²) in [5.41, 5.74) is 3.57. The molecule has 6 nitrogen and oxygen atoms in total. The zero-order valence-corrected chi connectivity index (χ0v) is 20.5. The van der Waals surface area contributed by atoms with Gasteiger partial charge < -0.3 is 24.0 Å². The summed E-state index contributed by atoms with van der Waals surface area (Å²) in [5, 5.41) is 0. The summed E-state index contributed by atoms with van der Waals surface area (Å²) in [6, 6.07) is 8.60. The van der Waals surface area contributed by atoms with Crippen molar-refractivity contribution in [2.75, 3.05) is 37.7 Å². The van der Waals surface area contributed by atoms with Crippen LogP contribution >= 0.6 is 0 Å². The number of nitrogens with zero attached hydrogens (tertiary/aromatic N) is 2. The van der Waals surface area contributed by atoms with Gasteiger partial charge in [0.2, 0.25) is 0 Å². The second-order valence-corrected chi connectivity index (χ2v) is 10.8. The van der Waals surface area contributed by atoms with Gasteiger partial charge in [0.15, 0.2) is 0 Å². The van der Waals surface area contributed by atoms with E-state index in [0.29, 0.717) is 13.1 Å². The van der Waals surface area contributed by atoms with Crippen LogP contribution in [0.2, 0.25) is 0 Å². The first-order valence-electron chi connectivity index (χ1n) is 12.5. The van der Waals surface area contributed by atoms with Crippen molar-refractivity contribution in [3.05, 3.63) is 41.5 Å². The fourth-order valence-corrected chi connectivity index (χ4v) is 5.80. The first kappa shape index (κ1) is 22.7. The summed E-state index contributed by atoms with van der Waals surface area (Å²) in [7, 11) is 0. The molecule has 4 aliphatic rings. The number of epoxide rings is 2. The topological polar surface area (TPSA) is 57.8 Å². The number of carbonyl (C=O) groups excluding carboxylic acids is 1. The molecule has 5 atom stereocenters. The van der Waals surface area contributed by atoms with Crippen LogP contribution in [-0.2, 0) is 14.2 Å². The average molecular weight is 455 g/mol. The van der Waals surface area contributed by atoms with E-state index in [1.165, 1.54) is 16.8 Å². The maximum Gasteiger partial charge on any atom is 0.410 e. The molecule has 5 rings (SSSR count). The Balaban J connectivity index is 1.15. The molecule has 6 heteroatoms. The number of anilines is 1. The van der Waals surface area contributed by atoms with Crippen LogP contribution in [0.3, 0.4) is 0 Å². The van der Waals surface area contributed by atoms with Crippen LogP contribution in [0, 0.1) is 12.8 Å². The molecule has 3 saturated heterocycles. The number of hydrogen-bond acceptors (Lipinski definition) is 5. The Labute approximate surface area is 197 Å². The Hall–Kier alpha value is -2.05. The Morgan fingerprint density at radius 3 is 2.52 bits per heavy atom. The fourth-order valence-electron chi connectivity index (χ4n) is 5.80. The lowest BCUT2D eigenvalue weighted by atomic mass is 9.70. The SMILES string of the molecule is CC(C)=CC[C@H]1O[C@]1(C)[C@H]1C[C@H](OC(=O)N2CCN(c3ccc(C)cc3)CC2)CC[C@]12CO2. The van der Waals surface area contributed by atoms with Gasteiger partial charge in [-0.25, -0.2) is 4.79 Å². The smallest absolute Gasteiger partial charge is 0.410 e. The standard InChI is InChI=1S/C27H38N2O4/c1-19(2)5-10-24-26(4,33-24)23-17-22(11-12-27(23)18-31-27)32-25(30)29-15-13-28(14-16-29)21-8-6-20(3)7-9-21/h5-9,22-24H,10-18H2,1-4H3/t22-,23-,24-,26-,27+/m1/s1. The van der Waals surface area contributed by atoms with Crippen molar-refractivity contribution in [2.24, 2.45) is 5.92 Å². The van der Waals surface area contributed by atoms with Crippen LogP contribution < -0.4 is 4.90 Å². The van der Waals surface area contributed by atoms with E-state index in [1.54, 1.807) is 0 Å². The number of hydrogen-bond donors (Lipinski definition) is 0. The largest absolute Gasteiger partial charge is 0.446 e. The molecule has 1 aliphatic carbocycles. The Bertz CT molecular complexity index is 897. The lowest BCUT2D eigenvalue weighted by Gasteiger charge is -2.39. The highest BCUT2D eigenvalue weighted by molar-refractivity contribution is 5.68. The molecular formula is C27H38N2O4. The van der Waals surface area contributed by atoms with E-state index in [1.807, 2.05) is 4.90 Å². The van der Waals surface area contributed by atoms with Crippen molar-refractivity contribution >= 4 is 11.8 Å². The molecule has 0 bridgehead atoms. The minimum Gasteiger partial charge on any atom is -0.446 e. The van der Waals surface area contributed by atoms with Gasteiger partial charge >= 0.3 is 6.09 Å². The third-order valence-corrected chi connectivity index (χ3v) is 8.15. The normalized spacial score (nSPS) is 35.3. The number of aryl methyl sites for hydroxylation is 1. The van der Waals surface area contributed by atoms with Gasteiger partial charge in [-0.15, -0.1) is 0 Å². The predicted molar refractivity (Wildman–Crippen MR) is 129 cm³/mol. The fraction of sp³-hybridized carbons (Fsp3) is 0.667. The number of benzene rings is 1. The highest BCUT2D eigenvalue weighted by atomic mass is 16.6. The van der Waals surface area contributed by atoms with Crippen LogP contribution in [-0.4, -0.2) is 67.2 Å². The number of allylic oxidation sites excluding steroid dienone is 1. The molecule has 1 aromatic rings. The molecule has 4 fully saturated rings.